The highest BCUT2D eigenvalue weighted by molar-refractivity contribution is 9.10. The van der Waals surface area contributed by atoms with Crippen LogP contribution in [0.1, 0.15) is 32.9 Å². The summed E-state index contributed by atoms with van der Waals surface area (Å²) >= 11 is 3.18. The fourth-order valence-corrected chi connectivity index (χ4v) is 3.36. The molecule has 2 aromatic carbocycles. The van der Waals surface area contributed by atoms with Crippen molar-refractivity contribution in [2.24, 2.45) is 0 Å². The number of carbonyl (C=O) groups excluding carboxylic acids is 1. The van der Waals surface area contributed by atoms with E-state index in [1.54, 1.807) is 18.2 Å². The molecule has 3 aromatic rings. The summed E-state index contributed by atoms with van der Waals surface area (Å²) in [5.41, 5.74) is 4.68. The lowest BCUT2D eigenvalue weighted by molar-refractivity contribution is 0.0954. The van der Waals surface area contributed by atoms with Gasteiger partial charge in [0.1, 0.15) is 5.82 Å². The van der Waals surface area contributed by atoms with Gasteiger partial charge in [-0.1, -0.05) is 18.2 Å². The van der Waals surface area contributed by atoms with Gasteiger partial charge in [0.2, 0.25) is 0 Å². The van der Waals surface area contributed by atoms with E-state index in [9.17, 15) is 9.18 Å². The molecule has 0 aliphatic rings. The maximum Gasteiger partial charge on any atom is 0.251 e. The Hall–Kier alpha value is -2.47. The van der Waals surface area contributed by atoms with Crippen molar-refractivity contribution in [3.8, 4) is 0 Å². The van der Waals surface area contributed by atoms with Gasteiger partial charge in [-0.25, -0.2) is 4.39 Å². The van der Waals surface area contributed by atoms with Crippen LogP contribution < -0.4 is 5.32 Å². The van der Waals surface area contributed by atoms with E-state index in [0.717, 1.165) is 22.5 Å². The third-order valence-corrected chi connectivity index (χ3v) is 4.92. The van der Waals surface area contributed by atoms with Gasteiger partial charge in [-0.3, -0.25) is 9.48 Å². The maximum atomic E-state index is 13.3. The van der Waals surface area contributed by atoms with Gasteiger partial charge in [-0.2, -0.15) is 5.10 Å². The second kappa shape index (κ2) is 8.48. The predicted octanol–water partition coefficient (Wildman–Crippen LogP) is 4.42. The first-order valence-corrected chi connectivity index (χ1v) is 9.54. The third kappa shape index (κ3) is 5.04. The number of nitrogens with one attached hydrogen (secondary N) is 1. The van der Waals surface area contributed by atoms with Crippen molar-refractivity contribution in [1.29, 1.82) is 0 Å². The van der Waals surface area contributed by atoms with Crippen LogP contribution in [0, 0.1) is 19.7 Å². The number of aromatic nitrogens is 2. The van der Waals surface area contributed by atoms with E-state index in [1.165, 1.54) is 6.07 Å². The fraction of sp³-hybridized carbons (Fsp3) is 0.238. The summed E-state index contributed by atoms with van der Waals surface area (Å²) in [6.45, 7) is 5.10. The van der Waals surface area contributed by atoms with E-state index in [-0.39, 0.29) is 11.7 Å². The molecule has 0 saturated heterocycles. The van der Waals surface area contributed by atoms with Crippen molar-refractivity contribution in [3.05, 3.63) is 86.9 Å². The molecule has 0 bridgehead atoms. The van der Waals surface area contributed by atoms with Crippen LogP contribution in [0.4, 0.5) is 4.39 Å². The first-order valence-electron chi connectivity index (χ1n) is 8.74. The Bertz CT molecular complexity index is 968. The van der Waals surface area contributed by atoms with E-state index in [4.69, 9.17) is 0 Å². The number of hydrogen-bond acceptors (Lipinski definition) is 2. The number of nitrogens with zero attached hydrogens (tertiary/aromatic N) is 2. The zero-order chi connectivity index (χ0) is 19.4. The Labute approximate surface area is 166 Å². The van der Waals surface area contributed by atoms with Crippen molar-refractivity contribution >= 4 is 21.8 Å². The average molecular weight is 430 g/mol. The van der Waals surface area contributed by atoms with Crippen LogP contribution in [0.25, 0.3) is 0 Å². The van der Waals surface area contributed by atoms with Crippen LogP contribution >= 0.6 is 15.9 Å². The highest BCUT2D eigenvalue weighted by Crippen LogP contribution is 2.17. The van der Waals surface area contributed by atoms with Crippen LogP contribution in [0.2, 0.25) is 0 Å². The van der Waals surface area contributed by atoms with E-state index < -0.39 is 0 Å². The summed E-state index contributed by atoms with van der Waals surface area (Å²) in [4.78, 5) is 12.4. The molecular formula is C21H21BrFN3O. The number of amides is 1. The van der Waals surface area contributed by atoms with Crippen molar-refractivity contribution in [1.82, 2.24) is 15.1 Å². The molecule has 3 rings (SSSR count). The molecule has 0 aliphatic heterocycles. The molecule has 0 radical (unpaired) electrons. The van der Waals surface area contributed by atoms with Crippen LogP contribution in [0.15, 0.2) is 53.0 Å². The topological polar surface area (TPSA) is 46.9 Å². The summed E-state index contributed by atoms with van der Waals surface area (Å²) < 4.78 is 15.6. The predicted molar refractivity (Wildman–Crippen MR) is 107 cm³/mol. The molecule has 0 saturated carbocycles. The molecular weight excluding hydrogens is 409 g/mol. The Morgan fingerprint density at radius 3 is 2.67 bits per heavy atom. The van der Waals surface area contributed by atoms with Gasteiger partial charge in [0.05, 0.1) is 16.7 Å². The number of aryl methyl sites for hydroxylation is 2. The van der Waals surface area contributed by atoms with Crippen molar-refractivity contribution in [2.75, 3.05) is 6.54 Å². The minimum absolute atomic E-state index is 0.119. The van der Waals surface area contributed by atoms with Gasteiger partial charge in [0, 0.05) is 17.8 Å². The second-order valence-corrected chi connectivity index (χ2v) is 7.39. The van der Waals surface area contributed by atoms with E-state index in [1.807, 2.05) is 42.8 Å². The molecule has 4 nitrogen and oxygen atoms in total. The number of benzene rings is 2. The monoisotopic (exact) mass is 429 g/mol. The summed E-state index contributed by atoms with van der Waals surface area (Å²) in [6.07, 6.45) is 0.635. The van der Waals surface area contributed by atoms with E-state index in [0.29, 0.717) is 29.5 Å². The number of rotatable bonds is 6. The summed E-state index contributed by atoms with van der Waals surface area (Å²) in [5.74, 6) is -0.409. The molecule has 1 amide bonds. The van der Waals surface area contributed by atoms with Crippen LogP contribution in [0.5, 0.6) is 0 Å². The van der Waals surface area contributed by atoms with Crippen molar-refractivity contribution < 1.29 is 9.18 Å². The minimum Gasteiger partial charge on any atom is -0.352 e. The molecule has 140 valence electrons. The lowest BCUT2D eigenvalue weighted by Gasteiger charge is -2.09. The van der Waals surface area contributed by atoms with Gasteiger partial charge in [0.15, 0.2) is 0 Å². The summed E-state index contributed by atoms with van der Waals surface area (Å²) in [6, 6.07) is 14.5. The molecule has 1 N–H and O–H groups in total. The standard InChI is InChI=1S/C21H21BrFN3O/c1-14-10-15(2)26(25-14)13-17-4-3-5-18(11-17)21(27)24-9-8-16-6-7-20(23)19(22)12-16/h3-7,10-12H,8-9,13H2,1-2H3,(H,24,27). The largest absolute Gasteiger partial charge is 0.352 e. The van der Waals surface area contributed by atoms with Crippen LogP contribution in [-0.2, 0) is 13.0 Å². The van der Waals surface area contributed by atoms with Gasteiger partial charge in [0.25, 0.3) is 5.91 Å². The second-order valence-electron chi connectivity index (χ2n) is 6.54. The molecule has 1 aromatic heterocycles. The zero-order valence-electron chi connectivity index (χ0n) is 15.3. The van der Waals surface area contributed by atoms with E-state index in [2.05, 4.69) is 26.3 Å². The van der Waals surface area contributed by atoms with Crippen molar-refractivity contribution in [2.45, 2.75) is 26.8 Å². The number of carbonyl (C=O) groups is 1. The molecule has 0 unspecified atom stereocenters. The van der Waals surface area contributed by atoms with Crippen LogP contribution in [-0.4, -0.2) is 22.2 Å². The lowest BCUT2D eigenvalue weighted by atomic mass is 10.1. The number of hydrogen-bond donors (Lipinski definition) is 1. The first kappa shape index (κ1) is 19.3. The highest BCUT2D eigenvalue weighted by atomic mass is 79.9. The van der Waals surface area contributed by atoms with Gasteiger partial charge in [-0.05, 0) is 77.7 Å². The number of halogens is 2. The van der Waals surface area contributed by atoms with Gasteiger partial charge in [-0.15, -0.1) is 0 Å². The average Bonchev–Trinajstić information content (AvgIpc) is 2.95. The molecule has 6 heteroatoms. The molecule has 27 heavy (non-hydrogen) atoms. The molecule has 0 spiro atoms. The zero-order valence-corrected chi connectivity index (χ0v) is 16.9. The maximum absolute atomic E-state index is 13.3. The Kier molecular flexibility index (Phi) is 6.06. The molecule has 0 atom stereocenters. The van der Waals surface area contributed by atoms with E-state index >= 15 is 0 Å². The third-order valence-electron chi connectivity index (χ3n) is 4.31. The molecule has 0 aliphatic carbocycles. The fourth-order valence-electron chi connectivity index (χ4n) is 2.94. The normalized spacial score (nSPS) is 10.8. The summed E-state index contributed by atoms with van der Waals surface area (Å²) in [5, 5.41) is 7.38. The quantitative estimate of drug-likeness (QED) is 0.630. The smallest absolute Gasteiger partial charge is 0.251 e. The molecule has 0 fully saturated rings. The van der Waals surface area contributed by atoms with Gasteiger partial charge < -0.3 is 5.32 Å². The Balaban J connectivity index is 1.59. The molecule has 1 heterocycles. The first-order chi connectivity index (χ1) is 12.9. The summed E-state index contributed by atoms with van der Waals surface area (Å²) in [7, 11) is 0. The Morgan fingerprint density at radius 1 is 1.15 bits per heavy atom. The SMILES string of the molecule is Cc1cc(C)n(Cc2cccc(C(=O)NCCc3ccc(F)c(Br)c3)c2)n1. The van der Waals surface area contributed by atoms with Crippen LogP contribution in [0.3, 0.4) is 0 Å². The lowest BCUT2D eigenvalue weighted by Crippen LogP contribution is -2.25. The van der Waals surface area contributed by atoms with Crippen molar-refractivity contribution in [3.63, 3.8) is 0 Å². The minimum atomic E-state index is -0.290. The van der Waals surface area contributed by atoms with Gasteiger partial charge >= 0.3 is 0 Å². The highest BCUT2D eigenvalue weighted by Gasteiger charge is 2.08. The Morgan fingerprint density at radius 2 is 1.96 bits per heavy atom.